The van der Waals surface area contributed by atoms with E-state index in [2.05, 4.69) is 0 Å². The highest BCUT2D eigenvalue weighted by Gasteiger charge is 2.50. The Balaban J connectivity index is 1.84. The van der Waals surface area contributed by atoms with Gasteiger partial charge in [-0.05, 0) is 39.5 Å². The number of rotatable bonds is 2. The molecule has 1 amide bonds. The third-order valence-corrected chi connectivity index (χ3v) is 3.67. The van der Waals surface area contributed by atoms with E-state index < -0.39 is 11.6 Å². The molecule has 0 aromatic heterocycles. The molecule has 1 unspecified atom stereocenters. The molecule has 2 heterocycles. The van der Waals surface area contributed by atoms with Gasteiger partial charge in [0.2, 0.25) is 0 Å². The minimum atomic E-state index is -0.768. The largest absolute Gasteiger partial charge is 0.481 e. The molecule has 2 rings (SSSR count). The van der Waals surface area contributed by atoms with Crippen LogP contribution in [-0.4, -0.2) is 53.0 Å². The van der Waals surface area contributed by atoms with Crippen LogP contribution < -0.4 is 0 Å². The van der Waals surface area contributed by atoms with Crippen molar-refractivity contribution in [3.63, 3.8) is 0 Å². The highest BCUT2D eigenvalue weighted by atomic mass is 16.6. The summed E-state index contributed by atoms with van der Waals surface area (Å²) in [5.74, 6) is -0.627. The molecule has 1 spiro atoms. The first-order valence-electron chi connectivity index (χ1n) is 7.03. The van der Waals surface area contributed by atoms with Crippen molar-refractivity contribution in [3.8, 4) is 0 Å². The molecule has 0 radical (unpaired) electrons. The summed E-state index contributed by atoms with van der Waals surface area (Å²) < 4.78 is 11.1. The van der Waals surface area contributed by atoms with Crippen molar-refractivity contribution in [1.82, 2.24) is 4.90 Å². The van der Waals surface area contributed by atoms with Crippen LogP contribution >= 0.6 is 0 Å². The van der Waals surface area contributed by atoms with Crippen LogP contribution in [0, 0.1) is 5.92 Å². The highest BCUT2D eigenvalue weighted by molar-refractivity contribution is 5.70. The zero-order valence-electron chi connectivity index (χ0n) is 12.3. The van der Waals surface area contributed by atoms with Gasteiger partial charge in [-0.3, -0.25) is 4.79 Å². The molecule has 2 aliphatic heterocycles. The summed E-state index contributed by atoms with van der Waals surface area (Å²) in [6.07, 6.45) is 1.34. The Hall–Kier alpha value is -1.30. The maximum atomic E-state index is 11.9. The zero-order valence-corrected chi connectivity index (χ0v) is 12.3. The van der Waals surface area contributed by atoms with E-state index in [-0.39, 0.29) is 24.0 Å². The Morgan fingerprint density at radius 2 is 2.05 bits per heavy atom. The van der Waals surface area contributed by atoms with Gasteiger partial charge in [0.25, 0.3) is 0 Å². The molecule has 1 atom stereocenters. The van der Waals surface area contributed by atoms with Gasteiger partial charge in [0, 0.05) is 13.0 Å². The van der Waals surface area contributed by atoms with Crippen molar-refractivity contribution >= 4 is 12.1 Å². The Kier molecular flexibility index (Phi) is 3.95. The van der Waals surface area contributed by atoms with Crippen LogP contribution in [-0.2, 0) is 14.3 Å². The predicted molar refractivity (Wildman–Crippen MR) is 71.5 cm³/mol. The van der Waals surface area contributed by atoms with Crippen LogP contribution in [0.4, 0.5) is 4.79 Å². The molecule has 20 heavy (non-hydrogen) atoms. The minimum absolute atomic E-state index is 0.141. The fourth-order valence-electron chi connectivity index (χ4n) is 2.88. The molecular formula is C14H23NO5. The number of hydrogen-bond acceptors (Lipinski definition) is 4. The third-order valence-electron chi connectivity index (χ3n) is 3.67. The van der Waals surface area contributed by atoms with Crippen molar-refractivity contribution in [2.45, 2.75) is 51.2 Å². The molecule has 6 nitrogen and oxygen atoms in total. The van der Waals surface area contributed by atoms with Gasteiger partial charge in [-0.1, -0.05) is 0 Å². The molecule has 0 aromatic rings. The van der Waals surface area contributed by atoms with Gasteiger partial charge in [-0.2, -0.15) is 0 Å². The topological polar surface area (TPSA) is 76.1 Å². The number of amides is 1. The Bertz CT molecular complexity index is 395. The van der Waals surface area contributed by atoms with Crippen LogP contribution in [0.2, 0.25) is 0 Å². The molecule has 0 bridgehead atoms. The van der Waals surface area contributed by atoms with Gasteiger partial charge in [0.05, 0.1) is 13.1 Å². The number of carboxylic acids is 1. The van der Waals surface area contributed by atoms with E-state index in [4.69, 9.17) is 14.6 Å². The molecule has 2 aliphatic rings. The van der Waals surface area contributed by atoms with Gasteiger partial charge in [-0.15, -0.1) is 0 Å². The number of carbonyl (C=O) groups excluding carboxylic acids is 1. The molecule has 114 valence electrons. The van der Waals surface area contributed by atoms with Crippen molar-refractivity contribution in [2.24, 2.45) is 5.92 Å². The highest BCUT2D eigenvalue weighted by Crippen LogP contribution is 2.38. The van der Waals surface area contributed by atoms with Crippen molar-refractivity contribution in [3.05, 3.63) is 0 Å². The molecule has 0 aliphatic carbocycles. The van der Waals surface area contributed by atoms with Crippen LogP contribution in [0.15, 0.2) is 0 Å². The van der Waals surface area contributed by atoms with Crippen LogP contribution in [0.5, 0.6) is 0 Å². The molecule has 1 N–H and O–H groups in total. The zero-order chi connectivity index (χ0) is 15.0. The van der Waals surface area contributed by atoms with Crippen LogP contribution in [0.3, 0.4) is 0 Å². The first kappa shape index (κ1) is 15.1. The number of aliphatic carboxylic acids is 1. The smallest absolute Gasteiger partial charge is 0.410 e. The van der Waals surface area contributed by atoms with E-state index in [1.54, 1.807) is 4.90 Å². The maximum absolute atomic E-state index is 11.9. The number of nitrogens with zero attached hydrogens (tertiary/aromatic N) is 1. The summed E-state index contributed by atoms with van der Waals surface area (Å²) in [5.41, 5.74) is -0.853. The van der Waals surface area contributed by atoms with Crippen molar-refractivity contribution in [1.29, 1.82) is 0 Å². The van der Waals surface area contributed by atoms with Crippen molar-refractivity contribution in [2.75, 3.05) is 19.7 Å². The van der Waals surface area contributed by atoms with Crippen molar-refractivity contribution < 1.29 is 24.2 Å². The van der Waals surface area contributed by atoms with Gasteiger partial charge < -0.3 is 19.5 Å². The normalized spacial score (nSPS) is 25.1. The lowest BCUT2D eigenvalue weighted by Crippen LogP contribution is -2.67. The third kappa shape index (κ3) is 3.62. The Morgan fingerprint density at radius 1 is 1.40 bits per heavy atom. The summed E-state index contributed by atoms with van der Waals surface area (Å²) in [4.78, 5) is 24.3. The average molecular weight is 285 g/mol. The Morgan fingerprint density at radius 3 is 2.60 bits per heavy atom. The number of likely N-dealkylation sites (tertiary alicyclic amines) is 1. The standard InChI is InChI=1S/C14H23NO5/c1-13(2,3)20-12(18)15-8-14(9-15)7-10(4-5-19-14)6-11(16)17/h10H,4-9H2,1-3H3,(H,16,17). The van der Waals surface area contributed by atoms with Crippen LogP contribution in [0.1, 0.15) is 40.0 Å². The lowest BCUT2D eigenvalue weighted by atomic mass is 9.79. The van der Waals surface area contributed by atoms with E-state index >= 15 is 0 Å². The summed E-state index contributed by atoms with van der Waals surface area (Å²) in [7, 11) is 0. The van der Waals surface area contributed by atoms with E-state index in [0.717, 1.165) is 6.42 Å². The number of carboxylic acid groups (broad SMARTS) is 1. The fraction of sp³-hybridized carbons (Fsp3) is 0.857. The number of ether oxygens (including phenoxy) is 2. The quantitative estimate of drug-likeness (QED) is 0.838. The predicted octanol–water partition coefficient (Wildman–Crippen LogP) is 1.88. The number of hydrogen-bond donors (Lipinski definition) is 1. The second-order valence-corrected chi connectivity index (χ2v) is 6.82. The van der Waals surface area contributed by atoms with Gasteiger partial charge >= 0.3 is 12.1 Å². The lowest BCUT2D eigenvalue weighted by molar-refractivity contribution is -0.175. The molecule has 0 aromatic carbocycles. The lowest BCUT2D eigenvalue weighted by Gasteiger charge is -2.52. The van der Waals surface area contributed by atoms with Gasteiger partial charge in [-0.25, -0.2) is 4.79 Å². The fourth-order valence-corrected chi connectivity index (χ4v) is 2.88. The summed E-state index contributed by atoms with van der Waals surface area (Å²) in [6, 6.07) is 0. The van der Waals surface area contributed by atoms with E-state index in [0.29, 0.717) is 26.1 Å². The Labute approximate surface area is 119 Å². The maximum Gasteiger partial charge on any atom is 0.410 e. The first-order valence-corrected chi connectivity index (χ1v) is 7.03. The SMILES string of the molecule is CC(C)(C)OC(=O)N1CC2(CC(CC(=O)O)CCO2)C1. The van der Waals surface area contributed by atoms with Gasteiger partial charge in [0.15, 0.2) is 0 Å². The monoisotopic (exact) mass is 285 g/mol. The van der Waals surface area contributed by atoms with E-state index in [1.807, 2.05) is 20.8 Å². The molecule has 2 fully saturated rings. The minimum Gasteiger partial charge on any atom is -0.481 e. The van der Waals surface area contributed by atoms with E-state index in [1.165, 1.54) is 0 Å². The van der Waals surface area contributed by atoms with Gasteiger partial charge in [0.1, 0.15) is 11.2 Å². The molecule has 2 saturated heterocycles. The summed E-state index contributed by atoms with van der Waals surface area (Å²) in [6.45, 7) is 7.07. The first-order chi connectivity index (χ1) is 9.19. The summed E-state index contributed by atoms with van der Waals surface area (Å²) >= 11 is 0. The molecule has 0 saturated carbocycles. The number of carbonyl (C=O) groups is 2. The second-order valence-electron chi connectivity index (χ2n) is 6.82. The molecule has 6 heteroatoms. The average Bonchev–Trinajstić information content (AvgIpc) is 2.22. The van der Waals surface area contributed by atoms with Crippen LogP contribution in [0.25, 0.3) is 0 Å². The molecular weight excluding hydrogens is 262 g/mol. The summed E-state index contributed by atoms with van der Waals surface area (Å²) in [5, 5.41) is 8.87. The van der Waals surface area contributed by atoms with E-state index in [9.17, 15) is 9.59 Å². The second kappa shape index (κ2) is 5.24.